The largest absolute Gasteiger partial charge is 0.508 e. The predicted octanol–water partition coefficient (Wildman–Crippen LogP) is 3.26. The highest BCUT2D eigenvalue weighted by atomic mass is 127. The van der Waals surface area contributed by atoms with Crippen LogP contribution in [0.1, 0.15) is 28.9 Å². The van der Waals surface area contributed by atoms with Crippen LogP contribution in [0.5, 0.6) is 5.75 Å². The number of hydrogen-bond donors (Lipinski definition) is 2. The molecule has 0 radical (unpaired) electrons. The van der Waals surface area contributed by atoms with Gasteiger partial charge in [0.15, 0.2) is 0 Å². The second-order valence-electron chi connectivity index (χ2n) is 6.37. The number of halogens is 1. The van der Waals surface area contributed by atoms with Crippen LogP contribution in [0.15, 0.2) is 53.5 Å². The summed E-state index contributed by atoms with van der Waals surface area (Å²) in [7, 11) is 0. The molecule has 7 heteroatoms. The molecule has 146 valence electrons. The first kappa shape index (κ1) is 20.3. The number of aromatic nitrogens is 1. The number of phenols is 1. The summed E-state index contributed by atoms with van der Waals surface area (Å²) in [4.78, 5) is 25.2. The second kappa shape index (κ2) is 8.74. The molecule has 3 aromatic rings. The summed E-state index contributed by atoms with van der Waals surface area (Å²) in [6, 6.07) is 11.7. The van der Waals surface area contributed by atoms with Crippen molar-refractivity contribution < 1.29 is 19.7 Å². The molecule has 0 saturated carbocycles. The fraction of sp³-hybridized carbons (Fsp3) is 0.238. The van der Waals surface area contributed by atoms with Gasteiger partial charge in [-0.2, -0.15) is 0 Å². The van der Waals surface area contributed by atoms with Crippen LogP contribution in [0.4, 0.5) is 0 Å². The molecule has 0 spiro atoms. The maximum absolute atomic E-state index is 12.8. The van der Waals surface area contributed by atoms with Gasteiger partial charge in [-0.3, -0.25) is 4.79 Å². The fourth-order valence-electron chi connectivity index (χ4n) is 3.14. The van der Waals surface area contributed by atoms with Gasteiger partial charge in [0.25, 0.3) is 0 Å². The highest BCUT2D eigenvalue weighted by Gasteiger charge is 2.20. The summed E-state index contributed by atoms with van der Waals surface area (Å²) in [5.74, 6) is -0.513. The van der Waals surface area contributed by atoms with E-state index in [-0.39, 0.29) is 30.0 Å². The van der Waals surface area contributed by atoms with Crippen molar-refractivity contribution >= 4 is 39.5 Å². The first-order chi connectivity index (χ1) is 13.4. The number of nitrogens with zero attached hydrogens (tertiary/aromatic N) is 1. The number of aliphatic hydroxyl groups excluding tert-OH is 1. The van der Waals surface area contributed by atoms with Crippen molar-refractivity contribution in [3.05, 3.63) is 73.6 Å². The minimum absolute atomic E-state index is 0.0551. The summed E-state index contributed by atoms with van der Waals surface area (Å²) >= 11 is 2.11. The van der Waals surface area contributed by atoms with Gasteiger partial charge in [0.1, 0.15) is 11.3 Å². The van der Waals surface area contributed by atoms with E-state index in [4.69, 9.17) is 4.74 Å². The molecule has 1 atom stereocenters. The number of benzene rings is 2. The molecule has 3 rings (SSSR count). The smallest absolute Gasteiger partial charge is 0.343 e. The van der Waals surface area contributed by atoms with Crippen molar-refractivity contribution in [2.75, 3.05) is 13.2 Å². The number of ether oxygens (including phenoxy) is 1. The number of aliphatic hydroxyl groups is 1. The van der Waals surface area contributed by atoms with Crippen molar-refractivity contribution in [3.8, 4) is 5.75 Å². The molecule has 6 nitrogen and oxygen atoms in total. The number of carbonyl (C=O) groups excluding carboxylic acids is 1. The maximum Gasteiger partial charge on any atom is 0.343 e. The molecule has 0 aliphatic heterocycles. The van der Waals surface area contributed by atoms with Crippen LogP contribution in [0, 0.1) is 3.57 Å². The number of rotatable bonds is 6. The topological polar surface area (TPSA) is 88.8 Å². The van der Waals surface area contributed by atoms with Crippen LogP contribution in [-0.4, -0.2) is 34.0 Å². The standard InChI is InChI=1S/C21H20INO5/c1-2-28-21(27)18-11-23(19-8-5-14(22)10-17(19)20(18)26)15(12-24)9-13-3-6-16(25)7-4-13/h3-8,10-11,15,24-25H,2,9,12H2,1H3/t15-/m1/s1. The Morgan fingerprint density at radius 1 is 1.21 bits per heavy atom. The van der Waals surface area contributed by atoms with E-state index >= 15 is 0 Å². The number of fused-ring (bicyclic) bond motifs is 1. The molecule has 0 saturated heterocycles. The Hall–Kier alpha value is -2.39. The molecule has 0 bridgehead atoms. The Morgan fingerprint density at radius 3 is 2.57 bits per heavy atom. The van der Waals surface area contributed by atoms with Crippen LogP contribution in [0.3, 0.4) is 0 Å². The van der Waals surface area contributed by atoms with Crippen LogP contribution in [0.25, 0.3) is 10.9 Å². The van der Waals surface area contributed by atoms with Crippen LogP contribution in [-0.2, 0) is 11.2 Å². The number of hydrogen-bond acceptors (Lipinski definition) is 5. The lowest BCUT2D eigenvalue weighted by atomic mass is 10.0. The van der Waals surface area contributed by atoms with E-state index in [0.717, 1.165) is 9.13 Å². The maximum atomic E-state index is 12.8. The third-order valence-corrected chi connectivity index (χ3v) is 5.17. The summed E-state index contributed by atoms with van der Waals surface area (Å²) < 4.78 is 7.67. The predicted molar refractivity (Wildman–Crippen MR) is 115 cm³/mol. The lowest BCUT2D eigenvalue weighted by Gasteiger charge is -2.22. The molecule has 1 aromatic heterocycles. The third kappa shape index (κ3) is 4.20. The molecule has 0 fully saturated rings. The monoisotopic (exact) mass is 493 g/mol. The third-order valence-electron chi connectivity index (χ3n) is 4.50. The van der Waals surface area contributed by atoms with Crippen molar-refractivity contribution in [1.82, 2.24) is 4.57 Å². The zero-order chi connectivity index (χ0) is 20.3. The van der Waals surface area contributed by atoms with Gasteiger partial charge in [-0.25, -0.2) is 4.79 Å². The molecule has 0 aliphatic carbocycles. The van der Waals surface area contributed by atoms with Gasteiger partial charge in [-0.05, 0) is 71.8 Å². The number of phenolic OH excluding ortho intramolecular Hbond substituents is 1. The molecule has 1 heterocycles. The molecule has 28 heavy (non-hydrogen) atoms. The second-order valence-corrected chi connectivity index (χ2v) is 7.61. The van der Waals surface area contributed by atoms with Crippen molar-refractivity contribution in [3.63, 3.8) is 0 Å². The van der Waals surface area contributed by atoms with E-state index < -0.39 is 12.0 Å². The van der Waals surface area contributed by atoms with Crippen molar-refractivity contribution in [2.24, 2.45) is 0 Å². The minimum Gasteiger partial charge on any atom is -0.508 e. The average molecular weight is 493 g/mol. The highest BCUT2D eigenvalue weighted by molar-refractivity contribution is 14.1. The Bertz CT molecular complexity index is 1060. The van der Waals surface area contributed by atoms with Gasteiger partial charge in [0, 0.05) is 15.2 Å². The molecule has 2 aromatic carbocycles. The molecule has 0 amide bonds. The Labute approximate surface area is 175 Å². The van der Waals surface area contributed by atoms with Gasteiger partial charge in [-0.1, -0.05) is 12.1 Å². The Balaban J connectivity index is 2.16. The Morgan fingerprint density at radius 2 is 1.93 bits per heavy atom. The first-order valence-electron chi connectivity index (χ1n) is 8.85. The summed E-state index contributed by atoms with van der Waals surface area (Å²) in [6.07, 6.45) is 1.93. The summed E-state index contributed by atoms with van der Waals surface area (Å²) in [5.41, 5.74) is 1.10. The van der Waals surface area contributed by atoms with E-state index in [9.17, 15) is 19.8 Å². The number of pyridine rings is 1. The van der Waals surface area contributed by atoms with E-state index in [1.807, 2.05) is 12.1 Å². The zero-order valence-corrected chi connectivity index (χ0v) is 17.4. The van der Waals surface area contributed by atoms with Crippen molar-refractivity contribution in [1.29, 1.82) is 0 Å². The molecular formula is C21H20INO5. The van der Waals surface area contributed by atoms with E-state index in [1.165, 1.54) is 6.20 Å². The van der Waals surface area contributed by atoms with Gasteiger partial charge >= 0.3 is 5.97 Å². The van der Waals surface area contributed by atoms with Gasteiger partial charge in [-0.15, -0.1) is 0 Å². The molecule has 0 aliphatic rings. The normalized spacial score (nSPS) is 12.1. The quantitative estimate of drug-likeness (QED) is 0.407. The molecule has 0 unspecified atom stereocenters. The van der Waals surface area contributed by atoms with Crippen molar-refractivity contribution in [2.45, 2.75) is 19.4 Å². The first-order valence-corrected chi connectivity index (χ1v) is 9.92. The lowest BCUT2D eigenvalue weighted by molar-refractivity contribution is 0.0523. The minimum atomic E-state index is -0.677. The Kier molecular flexibility index (Phi) is 6.35. The van der Waals surface area contributed by atoms with E-state index in [2.05, 4.69) is 22.6 Å². The van der Waals surface area contributed by atoms with Crippen LogP contribution < -0.4 is 5.43 Å². The average Bonchev–Trinajstić information content (AvgIpc) is 2.68. The van der Waals surface area contributed by atoms with E-state index in [1.54, 1.807) is 41.8 Å². The van der Waals surface area contributed by atoms with Gasteiger partial charge in [0.05, 0.1) is 24.8 Å². The summed E-state index contributed by atoms with van der Waals surface area (Å²) in [6.45, 7) is 1.66. The van der Waals surface area contributed by atoms with Gasteiger partial charge < -0.3 is 19.5 Å². The molecule has 2 N–H and O–H groups in total. The van der Waals surface area contributed by atoms with Crippen LogP contribution in [0.2, 0.25) is 0 Å². The fourth-order valence-corrected chi connectivity index (χ4v) is 3.63. The lowest BCUT2D eigenvalue weighted by Crippen LogP contribution is -2.25. The van der Waals surface area contributed by atoms with E-state index in [0.29, 0.717) is 17.3 Å². The number of esters is 1. The van der Waals surface area contributed by atoms with Gasteiger partial charge in [0.2, 0.25) is 5.43 Å². The highest BCUT2D eigenvalue weighted by Crippen LogP contribution is 2.23. The number of aromatic hydroxyl groups is 1. The summed E-state index contributed by atoms with van der Waals surface area (Å²) in [5, 5.41) is 19.9. The molecular weight excluding hydrogens is 473 g/mol. The van der Waals surface area contributed by atoms with Crippen LogP contribution >= 0.6 is 22.6 Å². The number of carbonyl (C=O) groups is 1. The SMILES string of the molecule is CCOC(=O)c1cn([C@@H](CO)Cc2ccc(O)cc2)c2ccc(I)cc2c1=O. The zero-order valence-electron chi connectivity index (χ0n) is 15.3.